The van der Waals surface area contributed by atoms with Crippen molar-refractivity contribution < 1.29 is 9.59 Å². The predicted octanol–water partition coefficient (Wildman–Crippen LogP) is 7.56. The molecule has 0 aromatic heterocycles. The summed E-state index contributed by atoms with van der Waals surface area (Å²) in [6.45, 7) is 6.90. The number of alkyl halides is 1. The molecule has 4 rings (SSSR count). The molecule has 200 valence electrons. The lowest BCUT2D eigenvalue weighted by Gasteiger charge is -2.09. The van der Waals surface area contributed by atoms with Crippen LogP contribution in [0.25, 0.3) is 11.1 Å². The van der Waals surface area contributed by atoms with Gasteiger partial charge >= 0.3 is 0 Å². The number of fused-ring (bicyclic) bond motifs is 3. The molecular formula is C34H35ClN2O2. The summed E-state index contributed by atoms with van der Waals surface area (Å²) in [6.07, 6.45) is 11.3. The molecule has 0 fully saturated rings. The molecule has 0 saturated heterocycles. The van der Waals surface area contributed by atoms with Gasteiger partial charge in [-0.1, -0.05) is 78.9 Å². The van der Waals surface area contributed by atoms with Gasteiger partial charge in [0.2, 0.25) is 0 Å². The Hall–Kier alpha value is -3.89. The third-order valence-electron chi connectivity index (χ3n) is 6.98. The number of rotatable bonds is 12. The Kier molecular flexibility index (Phi) is 9.93. The maximum absolute atomic E-state index is 12.8. The van der Waals surface area contributed by atoms with E-state index >= 15 is 0 Å². The van der Waals surface area contributed by atoms with Crippen molar-refractivity contribution in [3.63, 3.8) is 0 Å². The lowest BCUT2D eigenvalue weighted by molar-refractivity contribution is 0.0945. The molecule has 1 atom stereocenters. The van der Waals surface area contributed by atoms with E-state index < -0.39 is 5.38 Å². The van der Waals surface area contributed by atoms with E-state index in [1.165, 1.54) is 11.1 Å². The number of aryl methyl sites for hydroxylation is 1. The first-order valence-corrected chi connectivity index (χ1v) is 13.9. The van der Waals surface area contributed by atoms with Gasteiger partial charge in [-0.2, -0.15) is 0 Å². The molecular weight excluding hydrogens is 504 g/mol. The molecule has 1 aliphatic carbocycles. The van der Waals surface area contributed by atoms with Crippen LogP contribution in [0.15, 0.2) is 103 Å². The van der Waals surface area contributed by atoms with Crippen molar-refractivity contribution in [1.82, 2.24) is 10.6 Å². The fraction of sp³-hybridized carbons (Fsp3) is 0.235. The van der Waals surface area contributed by atoms with E-state index in [4.69, 9.17) is 11.6 Å². The number of hydrogen-bond acceptors (Lipinski definition) is 2. The summed E-state index contributed by atoms with van der Waals surface area (Å²) < 4.78 is 0. The third-order valence-corrected chi connectivity index (χ3v) is 7.45. The number of carbonyl (C=O) groups is 2. The molecule has 0 aliphatic heterocycles. The summed E-state index contributed by atoms with van der Waals surface area (Å²) in [7, 11) is 0. The van der Waals surface area contributed by atoms with Crippen LogP contribution in [-0.2, 0) is 6.42 Å². The Morgan fingerprint density at radius 3 is 2.03 bits per heavy atom. The SMILES string of the molecule is C=C/C=C\C(=C/C)CCCNC(=O)c1ccc2c(c1)C(Cl)c1cc(C(=O)NCCCc3ccccc3)ccc1-2. The maximum atomic E-state index is 12.8. The average Bonchev–Trinajstić information content (AvgIpc) is 3.25. The number of amides is 2. The minimum atomic E-state index is -0.414. The summed E-state index contributed by atoms with van der Waals surface area (Å²) in [6, 6.07) is 21.6. The molecule has 0 heterocycles. The molecule has 0 saturated carbocycles. The minimum Gasteiger partial charge on any atom is -0.352 e. The van der Waals surface area contributed by atoms with Crippen LogP contribution in [0.5, 0.6) is 0 Å². The van der Waals surface area contributed by atoms with Crippen LogP contribution in [0.4, 0.5) is 0 Å². The monoisotopic (exact) mass is 538 g/mol. The molecule has 4 nitrogen and oxygen atoms in total. The van der Waals surface area contributed by atoms with Crippen LogP contribution in [0.3, 0.4) is 0 Å². The van der Waals surface area contributed by atoms with Crippen LogP contribution < -0.4 is 10.6 Å². The number of benzene rings is 3. The van der Waals surface area contributed by atoms with Crippen LogP contribution in [0.1, 0.15) is 69.0 Å². The molecule has 1 unspecified atom stereocenters. The zero-order valence-electron chi connectivity index (χ0n) is 22.4. The second kappa shape index (κ2) is 13.8. The molecule has 2 N–H and O–H groups in total. The van der Waals surface area contributed by atoms with Crippen molar-refractivity contribution in [2.24, 2.45) is 0 Å². The summed E-state index contributed by atoms with van der Waals surface area (Å²) >= 11 is 6.86. The number of carbonyl (C=O) groups excluding carboxylic acids is 2. The summed E-state index contributed by atoms with van der Waals surface area (Å²) in [5, 5.41) is 5.62. The van der Waals surface area contributed by atoms with Crippen LogP contribution >= 0.6 is 11.6 Å². The minimum absolute atomic E-state index is 0.105. The highest BCUT2D eigenvalue weighted by Crippen LogP contribution is 2.47. The van der Waals surface area contributed by atoms with Gasteiger partial charge in [0.15, 0.2) is 0 Å². The van der Waals surface area contributed by atoms with E-state index in [2.05, 4.69) is 35.4 Å². The highest BCUT2D eigenvalue weighted by Gasteiger charge is 2.29. The van der Waals surface area contributed by atoms with Crippen LogP contribution in [-0.4, -0.2) is 24.9 Å². The number of halogens is 1. The summed E-state index contributed by atoms with van der Waals surface area (Å²) in [4.78, 5) is 25.6. The standard InChI is InChI=1S/C34H35ClN2O2/c1-3-5-11-24(4-2)14-9-20-36-33(38)26-16-18-28-29-19-17-27(23-31(29)32(35)30(28)22-26)34(39)37-21-10-15-25-12-7-6-8-13-25/h3-8,11-13,16-19,22-23,32H,1,9-10,14-15,20-21H2,2H3,(H,36,38)(H,37,39)/b11-5-,24-4+. The largest absolute Gasteiger partial charge is 0.352 e. The van der Waals surface area contributed by atoms with Crippen molar-refractivity contribution in [2.45, 2.75) is 38.0 Å². The number of hydrogen-bond donors (Lipinski definition) is 2. The molecule has 3 aromatic carbocycles. The van der Waals surface area contributed by atoms with E-state index in [1.54, 1.807) is 6.08 Å². The van der Waals surface area contributed by atoms with E-state index in [0.717, 1.165) is 47.9 Å². The third kappa shape index (κ3) is 7.15. The molecule has 0 spiro atoms. The van der Waals surface area contributed by atoms with Gasteiger partial charge in [0, 0.05) is 24.2 Å². The van der Waals surface area contributed by atoms with E-state index in [1.807, 2.05) is 73.7 Å². The van der Waals surface area contributed by atoms with Gasteiger partial charge in [-0.05, 0) is 84.7 Å². The van der Waals surface area contributed by atoms with Gasteiger partial charge in [0.25, 0.3) is 11.8 Å². The van der Waals surface area contributed by atoms with Gasteiger partial charge in [-0.15, -0.1) is 11.6 Å². The maximum Gasteiger partial charge on any atom is 0.251 e. The molecule has 2 amide bonds. The highest BCUT2D eigenvalue weighted by molar-refractivity contribution is 6.25. The lowest BCUT2D eigenvalue weighted by Crippen LogP contribution is -2.24. The Morgan fingerprint density at radius 2 is 1.46 bits per heavy atom. The molecule has 5 heteroatoms. The van der Waals surface area contributed by atoms with E-state index in [0.29, 0.717) is 24.2 Å². The fourth-order valence-corrected chi connectivity index (χ4v) is 5.20. The Morgan fingerprint density at radius 1 is 0.872 bits per heavy atom. The first-order valence-electron chi connectivity index (χ1n) is 13.5. The van der Waals surface area contributed by atoms with Crippen molar-refractivity contribution in [1.29, 1.82) is 0 Å². The quantitative estimate of drug-likeness (QED) is 0.142. The van der Waals surface area contributed by atoms with E-state index in [9.17, 15) is 9.59 Å². The lowest BCUT2D eigenvalue weighted by atomic mass is 10.0. The average molecular weight is 539 g/mol. The Labute approximate surface area is 236 Å². The second-order valence-electron chi connectivity index (χ2n) is 9.63. The fourth-order valence-electron chi connectivity index (χ4n) is 4.84. The zero-order valence-corrected chi connectivity index (χ0v) is 23.1. The molecule has 1 aliphatic rings. The second-order valence-corrected chi connectivity index (χ2v) is 10.1. The van der Waals surface area contributed by atoms with Crippen molar-refractivity contribution in [2.75, 3.05) is 13.1 Å². The van der Waals surface area contributed by atoms with Gasteiger partial charge in [-0.3, -0.25) is 9.59 Å². The summed E-state index contributed by atoms with van der Waals surface area (Å²) in [5.41, 5.74) is 7.45. The molecule has 39 heavy (non-hydrogen) atoms. The number of nitrogens with one attached hydrogen (secondary N) is 2. The number of allylic oxidation sites excluding steroid dienone is 5. The predicted molar refractivity (Wildman–Crippen MR) is 161 cm³/mol. The Bertz CT molecular complexity index is 1390. The van der Waals surface area contributed by atoms with Crippen LogP contribution in [0.2, 0.25) is 0 Å². The van der Waals surface area contributed by atoms with E-state index in [-0.39, 0.29) is 11.8 Å². The van der Waals surface area contributed by atoms with Crippen molar-refractivity contribution in [3.05, 3.63) is 131 Å². The van der Waals surface area contributed by atoms with Gasteiger partial charge in [0.1, 0.15) is 0 Å². The van der Waals surface area contributed by atoms with Crippen LogP contribution in [0, 0.1) is 0 Å². The molecule has 0 radical (unpaired) electrons. The van der Waals surface area contributed by atoms with Gasteiger partial charge in [-0.25, -0.2) is 0 Å². The first kappa shape index (κ1) is 28.1. The highest BCUT2D eigenvalue weighted by atomic mass is 35.5. The summed E-state index contributed by atoms with van der Waals surface area (Å²) in [5.74, 6) is -0.219. The molecule has 3 aromatic rings. The smallest absolute Gasteiger partial charge is 0.251 e. The van der Waals surface area contributed by atoms with Gasteiger partial charge in [0.05, 0.1) is 5.38 Å². The zero-order chi connectivity index (χ0) is 27.6. The van der Waals surface area contributed by atoms with Gasteiger partial charge < -0.3 is 10.6 Å². The van der Waals surface area contributed by atoms with Crippen molar-refractivity contribution >= 4 is 23.4 Å². The normalized spacial score (nSPS) is 14.1. The molecule has 0 bridgehead atoms. The Balaban J connectivity index is 1.33. The first-order chi connectivity index (χ1) is 19.0. The topological polar surface area (TPSA) is 58.2 Å². The van der Waals surface area contributed by atoms with Crippen molar-refractivity contribution in [3.8, 4) is 11.1 Å².